The number of nitrogens with one attached hydrogen (secondary N) is 2. The average molecular weight is 326 g/mol. The van der Waals surface area contributed by atoms with E-state index in [4.69, 9.17) is 23.2 Å². The third-order valence-corrected chi connectivity index (χ3v) is 3.11. The fraction of sp³-hybridized carbons (Fsp3) is 0.462. The van der Waals surface area contributed by atoms with Crippen molar-refractivity contribution in [3.8, 4) is 0 Å². The van der Waals surface area contributed by atoms with Crippen LogP contribution in [0.15, 0.2) is 18.2 Å². The molecule has 6 heteroatoms. The van der Waals surface area contributed by atoms with E-state index < -0.39 is 0 Å². The Bertz CT molecular complexity index is 413. The highest BCUT2D eigenvalue weighted by molar-refractivity contribution is 6.35. The topological polar surface area (TPSA) is 41.1 Å². The van der Waals surface area contributed by atoms with Crippen LogP contribution in [0.1, 0.15) is 19.4 Å². The number of likely N-dealkylation sites (N-methyl/N-ethyl adjacent to an activating group) is 1. The molecule has 0 bridgehead atoms. The molecule has 0 radical (unpaired) electrons. The minimum absolute atomic E-state index is 0. The van der Waals surface area contributed by atoms with Gasteiger partial charge in [-0.25, -0.2) is 0 Å². The molecule has 19 heavy (non-hydrogen) atoms. The summed E-state index contributed by atoms with van der Waals surface area (Å²) in [7, 11) is 0. The van der Waals surface area contributed by atoms with E-state index in [2.05, 4.69) is 10.6 Å². The van der Waals surface area contributed by atoms with Gasteiger partial charge >= 0.3 is 0 Å². The minimum atomic E-state index is -0.0380. The number of halogens is 3. The Balaban J connectivity index is 0.00000324. The predicted octanol–water partition coefficient (Wildman–Crippen LogP) is 3.07. The number of rotatable bonds is 6. The van der Waals surface area contributed by atoms with Gasteiger partial charge in [-0.3, -0.25) is 4.79 Å². The van der Waals surface area contributed by atoms with Crippen LogP contribution in [0.25, 0.3) is 0 Å². The highest BCUT2D eigenvalue weighted by Gasteiger charge is 2.08. The van der Waals surface area contributed by atoms with E-state index >= 15 is 0 Å². The second-order valence-electron chi connectivity index (χ2n) is 4.18. The molecule has 0 saturated heterocycles. The summed E-state index contributed by atoms with van der Waals surface area (Å²) in [6.45, 7) is 5.56. The summed E-state index contributed by atoms with van der Waals surface area (Å²) in [5.41, 5.74) is 0.787. The van der Waals surface area contributed by atoms with Crippen molar-refractivity contribution in [3.63, 3.8) is 0 Å². The molecule has 0 unspecified atom stereocenters. The maximum atomic E-state index is 11.7. The summed E-state index contributed by atoms with van der Waals surface area (Å²) in [5.74, 6) is -0.0380. The summed E-state index contributed by atoms with van der Waals surface area (Å²) in [6.07, 6.45) is 0.273. The molecule has 1 atom stereocenters. The van der Waals surface area contributed by atoms with Gasteiger partial charge in [-0.15, -0.1) is 12.4 Å². The molecule has 0 aromatic heterocycles. The van der Waals surface area contributed by atoms with E-state index in [0.717, 1.165) is 12.1 Å². The van der Waals surface area contributed by atoms with Crippen LogP contribution >= 0.6 is 35.6 Å². The third kappa shape index (κ3) is 7.02. The van der Waals surface area contributed by atoms with Gasteiger partial charge in [0, 0.05) is 22.6 Å². The summed E-state index contributed by atoms with van der Waals surface area (Å²) >= 11 is 11.8. The van der Waals surface area contributed by atoms with Crippen molar-refractivity contribution in [2.45, 2.75) is 26.3 Å². The fourth-order valence-corrected chi connectivity index (χ4v) is 2.06. The van der Waals surface area contributed by atoms with Crippen LogP contribution in [0.4, 0.5) is 0 Å². The van der Waals surface area contributed by atoms with Crippen LogP contribution in [0, 0.1) is 0 Å². The first kappa shape index (κ1) is 18.5. The molecule has 1 aromatic carbocycles. The molecule has 2 N–H and O–H groups in total. The van der Waals surface area contributed by atoms with Crippen molar-refractivity contribution in [2.75, 3.05) is 13.1 Å². The van der Waals surface area contributed by atoms with E-state index in [1.54, 1.807) is 18.2 Å². The van der Waals surface area contributed by atoms with Gasteiger partial charge in [-0.2, -0.15) is 0 Å². The average Bonchev–Trinajstić information content (AvgIpc) is 2.31. The maximum absolute atomic E-state index is 11.7. The van der Waals surface area contributed by atoms with Crippen molar-refractivity contribution in [1.82, 2.24) is 10.6 Å². The lowest BCUT2D eigenvalue weighted by molar-refractivity contribution is -0.120. The molecule has 0 heterocycles. The molecule has 0 saturated carbocycles. The number of carbonyl (C=O) groups is 1. The third-order valence-electron chi connectivity index (χ3n) is 2.52. The molecule has 0 aliphatic rings. The smallest absolute Gasteiger partial charge is 0.224 e. The molecule has 0 aliphatic heterocycles. The highest BCUT2D eigenvalue weighted by atomic mass is 35.5. The molecular formula is C13H19Cl3N2O. The van der Waals surface area contributed by atoms with Crippen LogP contribution in [0.2, 0.25) is 10.0 Å². The molecule has 0 aliphatic carbocycles. The standard InChI is InChI=1S/C13H18Cl2N2O.ClH/c1-3-16-9(2)8-17-13(18)6-10-4-5-11(14)7-12(10)15;/h4-5,7,9,16H,3,6,8H2,1-2H3,(H,17,18);1H/t9-;/m1./s1. The normalized spacial score (nSPS) is 11.6. The van der Waals surface area contributed by atoms with Gasteiger partial charge in [0.2, 0.25) is 5.91 Å². The van der Waals surface area contributed by atoms with Crippen molar-refractivity contribution < 1.29 is 4.79 Å². The van der Waals surface area contributed by atoms with Crippen molar-refractivity contribution in [3.05, 3.63) is 33.8 Å². The molecule has 108 valence electrons. The monoisotopic (exact) mass is 324 g/mol. The van der Waals surface area contributed by atoms with Crippen LogP contribution in [-0.4, -0.2) is 25.0 Å². The largest absolute Gasteiger partial charge is 0.354 e. The van der Waals surface area contributed by atoms with Crippen LogP contribution in [-0.2, 0) is 11.2 Å². The van der Waals surface area contributed by atoms with Gasteiger partial charge in [0.05, 0.1) is 6.42 Å². The molecule has 0 fully saturated rings. The Morgan fingerprint density at radius 3 is 2.63 bits per heavy atom. The van der Waals surface area contributed by atoms with Gasteiger partial charge in [0.15, 0.2) is 0 Å². The van der Waals surface area contributed by atoms with E-state index in [1.165, 1.54) is 0 Å². The van der Waals surface area contributed by atoms with Crippen LogP contribution < -0.4 is 10.6 Å². The Morgan fingerprint density at radius 2 is 2.05 bits per heavy atom. The number of benzene rings is 1. The first-order chi connectivity index (χ1) is 8.52. The highest BCUT2D eigenvalue weighted by Crippen LogP contribution is 2.21. The molecule has 1 aromatic rings. The Morgan fingerprint density at radius 1 is 1.37 bits per heavy atom. The van der Waals surface area contributed by atoms with Gasteiger partial charge in [-0.05, 0) is 31.2 Å². The van der Waals surface area contributed by atoms with Crippen LogP contribution in [0.3, 0.4) is 0 Å². The second kappa shape index (κ2) is 9.43. The summed E-state index contributed by atoms with van der Waals surface area (Å²) < 4.78 is 0. The SMILES string of the molecule is CCN[C@H](C)CNC(=O)Cc1ccc(Cl)cc1Cl.Cl. The lowest BCUT2D eigenvalue weighted by Gasteiger charge is -2.13. The number of amides is 1. The van der Waals surface area contributed by atoms with Crippen molar-refractivity contribution in [1.29, 1.82) is 0 Å². The first-order valence-corrected chi connectivity index (χ1v) is 6.72. The Hall–Kier alpha value is -0.480. The van der Waals surface area contributed by atoms with Crippen molar-refractivity contribution >= 4 is 41.5 Å². The fourth-order valence-electron chi connectivity index (χ4n) is 1.59. The predicted molar refractivity (Wildman–Crippen MR) is 83.6 cm³/mol. The maximum Gasteiger partial charge on any atom is 0.224 e. The molecule has 1 amide bonds. The zero-order chi connectivity index (χ0) is 13.5. The van der Waals surface area contributed by atoms with Crippen LogP contribution in [0.5, 0.6) is 0 Å². The molecule has 3 nitrogen and oxygen atoms in total. The quantitative estimate of drug-likeness (QED) is 0.844. The zero-order valence-electron chi connectivity index (χ0n) is 11.0. The zero-order valence-corrected chi connectivity index (χ0v) is 13.3. The number of carbonyl (C=O) groups excluding carboxylic acids is 1. The number of hydrogen-bond acceptors (Lipinski definition) is 2. The second-order valence-corrected chi connectivity index (χ2v) is 5.02. The van der Waals surface area contributed by atoms with Gasteiger partial charge in [0.25, 0.3) is 0 Å². The summed E-state index contributed by atoms with van der Waals surface area (Å²) in [6, 6.07) is 5.42. The van der Waals surface area contributed by atoms with E-state index in [1.807, 2.05) is 13.8 Å². The first-order valence-electron chi connectivity index (χ1n) is 5.97. The van der Waals surface area contributed by atoms with E-state index in [-0.39, 0.29) is 30.8 Å². The lowest BCUT2D eigenvalue weighted by atomic mass is 10.1. The molecular weight excluding hydrogens is 307 g/mol. The molecule has 0 spiro atoms. The summed E-state index contributed by atoms with van der Waals surface area (Å²) in [5, 5.41) is 7.19. The summed E-state index contributed by atoms with van der Waals surface area (Å²) in [4.78, 5) is 11.7. The lowest BCUT2D eigenvalue weighted by Crippen LogP contribution is -2.39. The minimum Gasteiger partial charge on any atom is -0.354 e. The number of hydrogen-bond donors (Lipinski definition) is 2. The van der Waals surface area contributed by atoms with Gasteiger partial charge in [0.1, 0.15) is 0 Å². The van der Waals surface area contributed by atoms with Crippen molar-refractivity contribution in [2.24, 2.45) is 0 Å². The van der Waals surface area contributed by atoms with Gasteiger partial charge in [-0.1, -0.05) is 36.2 Å². The Labute approximate surface area is 130 Å². The van der Waals surface area contributed by atoms with Gasteiger partial charge < -0.3 is 10.6 Å². The molecule has 1 rings (SSSR count). The van der Waals surface area contributed by atoms with E-state index in [9.17, 15) is 4.79 Å². The Kier molecular flexibility index (Phi) is 9.19. The van der Waals surface area contributed by atoms with E-state index in [0.29, 0.717) is 16.6 Å².